The Bertz CT molecular complexity index is 534. The fourth-order valence-electron chi connectivity index (χ4n) is 1.69. The van der Waals surface area contributed by atoms with Crippen LogP contribution in [0.1, 0.15) is 0 Å². The quantitative estimate of drug-likeness (QED) is 0.656. The van der Waals surface area contributed by atoms with E-state index in [4.69, 9.17) is 15.6 Å². The molecule has 0 fully saturated rings. The van der Waals surface area contributed by atoms with Crippen molar-refractivity contribution in [1.82, 2.24) is 9.97 Å². The first-order chi connectivity index (χ1) is 9.79. The maximum Gasteiger partial charge on any atom is 0.163 e. The maximum atomic E-state index is 8.60. The molecule has 0 saturated carbocycles. The van der Waals surface area contributed by atoms with Gasteiger partial charge in [-0.05, 0) is 0 Å². The molecular formula is C14H18N4O2. The average Bonchev–Trinajstić information content (AvgIpc) is 2.47. The van der Waals surface area contributed by atoms with Crippen molar-refractivity contribution < 1.29 is 9.84 Å². The van der Waals surface area contributed by atoms with Gasteiger partial charge in [0, 0.05) is 18.2 Å². The monoisotopic (exact) mass is 274 g/mol. The molecule has 0 aliphatic heterocycles. The zero-order valence-corrected chi connectivity index (χ0v) is 11.1. The number of rotatable bonds is 7. The molecule has 0 aliphatic carbocycles. The molecular weight excluding hydrogens is 256 g/mol. The van der Waals surface area contributed by atoms with Gasteiger partial charge >= 0.3 is 0 Å². The minimum atomic E-state index is 0.0264. The zero-order chi connectivity index (χ0) is 14.2. The van der Waals surface area contributed by atoms with Gasteiger partial charge < -0.3 is 20.9 Å². The van der Waals surface area contributed by atoms with Crippen LogP contribution >= 0.6 is 0 Å². The van der Waals surface area contributed by atoms with Crippen molar-refractivity contribution in [2.75, 3.05) is 37.4 Å². The number of benzene rings is 1. The first-order valence-corrected chi connectivity index (χ1v) is 6.42. The van der Waals surface area contributed by atoms with Crippen LogP contribution in [-0.4, -0.2) is 41.4 Å². The summed E-state index contributed by atoms with van der Waals surface area (Å²) in [5.41, 5.74) is 6.71. The van der Waals surface area contributed by atoms with E-state index in [2.05, 4.69) is 15.3 Å². The lowest BCUT2D eigenvalue weighted by Crippen LogP contribution is -2.13. The molecule has 0 unspecified atom stereocenters. The van der Waals surface area contributed by atoms with Gasteiger partial charge in [0.25, 0.3) is 0 Å². The number of ether oxygens (including phenoxy) is 1. The van der Waals surface area contributed by atoms with E-state index in [1.165, 1.54) is 0 Å². The number of nitrogens with zero attached hydrogens (tertiary/aromatic N) is 2. The maximum absolute atomic E-state index is 8.60. The molecule has 2 rings (SSSR count). The van der Waals surface area contributed by atoms with Crippen molar-refractivity contribution in [3.05, 3.63) is 36.4 Å². The largest absolute Gasteiger partial charge is 0.394 e. The molecule has 0 radical (unpaired) electrons. The van der Waals surface area contributed by atoms with Crippen molar-refractivity contribution in [2.45, 2.75) is 0 Å². The lowest BCUT2D eigenvalue weighted by Gasteiger charge is -2.08. The van der Waals surface area contributed by atoms with E-state index in [-0.39, 0.29) is 6.61 Å². The van der Waals surface area contributed by atoms with Crippen LogP contribution in [0.15, 0.2) is 36.4 Å². The number of anilines is 2. The molecule has 1 aromatic heterocycles. The first kappa shape index (κ1) is 14.2. The molecule has 0 saturated heterocycles. The summed E-state index contributed by atoms with van der Waals surface area (Å²) in [5, 5.41) is 11.7. The van der Waals surface area contributed by atoms with Gasteiger partial charge in [-0.2, -0.15) is 0 Å². The van der Waals surface area contributed by atoms with Crippen molar-refractivity contribution in [1.29, 1.82) is 0 Å². The number of nitrogens with one attached hydrogen (secondary N) is 1. The fraction of sp³-hybridized carbons (Fsp3) is 0.286. The molecule has 6 heteroatoms. The normalized spacial score (nSPS) is 10.4. The topological polar surface area (TPSA) is 93.3 Å². The van der Waals surface area contributed by atoms with E-state index in [0.717, 1.165) is 5.56 Å². The molecule has 1 heterocycles. The highest BCUT2D eigenvalue weighted by molar-refractivity contribution is 5.60. The number of aliphatic hydroxyl groups excluding tert-OH is 1. The fourth-order valence-corrected chi connectivity index (χ4v) is 1.69. The Kier molecular flexibility index (Phi) is 5.28. The van der Waals surface area contributed by atoms with Crippen LogP contribution in [0, 0.1) is 0 Å². The Hall–Kier alpha value is -2.18. The Morgan fingerprint density at radius 3 is 2.70 bits per heavy atom. The molecule has 0 spiro atoms. The number of nitrogen functional groups attached to an aromatic ring is 1. The van der Waals surface area contributed by atoms with Crippen molar-refractivity contribution >= 4 is 11.6 Å². The zero-order valence-electron chi connectivity index (χ0n) is 11.1. The second kappa shape index (κ2) is 7.42. The lowest BCUT2D eigenvalue weighted by molar-refractivity contribution is 0.0992. The van der Waals surface area contributed by atoms with E-state index in [9.17, 15) is 0 Å². The second-order valence-electron chi connectivity index (χ2n) is 4.13. The van der Waals surface area contributed by atoms with E-state index >= 15 is 0 Å². The van der Waals surface area contributed by atoms with Gasteiger partial charge in [-0.3, -0.25) is 0 Å². The second-order valence-corrected chi connectivity index (χ2v) is 4.13. The summed E-state index contributed by atoms with van der Waals surface area (Å²) in [6, 6.07) is 11.3. The van der Waals surface area contributed by atoms with Gasteiger partial charge in [0.2, 0.25) is 0 Å². The van der Waals surface area contributed by atoms with Crippen LogP contribution < -0.4 is 11.1 Å². The highest BCUT2D eigenvalue weighted by Crippen LogP contribution is 2.18. The highest BCUT2D eigenvalue weighted by atomic mass is 16.5. The van der Waals surface area contributed by atoms with E-state index in [1.54, 1.807) is 6.07 Å². The third-order valence-electron chi connectivity index (χ3n) is 2.57. The van der Waals surface area contributed by atoms with Crippen LogP contribution in [0.3, 0.4) is 0 Å². The summed E-state index contributed by atoms with van der Waals surface area (Å²) in [7, 11) is 0. The molecule has 106 valence electrons. The predicted octanol–water partition coefficient (Wildman–Crippen LogP) is 1.15. The molecule has 0 bridgehead atoms. The van der Waals surface area contributed by atoms with E-state index < -0.39 is 0 Å². The van der Waals surface area contributed by atoms with Crippen LogP contribution in [0.2, 0.25) is 0 Å². The third kappa shape index (κ3) is 4.18. The minimum Gasteiger partial charge on any atom is -0.394 e. The summed E-state index contributed by atoms with van der Waals surface area (Å²) in [6.07, 6.45) is 0. The SMILES string of the molecule is Nc1cc(NCCOCCO)nc(-c2ccccc2)n1. The predicted molar refractivity (Wildman–Crippen MR) is 78.3 cm³/mol. The van der Waals surface area contributed by atoms with Crippen molar-refractivity contribution in [3.8, 4) is 11.4 Å². The molecule has 1 aromatic carbocycles. The molecule has 0 atom stereocenters. The van der Waals surface area contributed by atoms with Crippen LogP contribution in [-0.2, 0) is 4.74 Å². The van der Waals surface area contributed by atoms with E-state index in [1.807, 2.05) is 30.3 Å². The van der Waals surface area contributed by atoms with Gasteiger partial charge in [-0.25, -0.2) is 9.97 Å². The van der Waals surface area contributed by atoms with Gasteiger partial charge in [0.1, 0.15) is 11.6 Å². The van der Waals surface area contributed by atoms with E-state index in [0.29, 0.717) is 37.2 Å². The molecule has 0 amide bonds. The number of aliphatic hydroxyl groups is 1. The number of nitrogens with two attached hydrogens (primary N) is 1. The highest BCUT2D eigenvalue weighted by Gasteiger charge is 2.04. The number of hydrogen-bond acceptors (Lipinski definition) is 6. The van der Waals surface area contributed by atoms with Crippen LogP contribution in [0.25, 0.3) is 11.4 Å². The lowest BCUT2D eigenvalue weighted by atomic mass is 10.2. The molecule has 4 N–H and O–H groups in total. The summed E-state index contributed by atoms with van der Waals surface area (Å²) >= 11 is 0. The molecule has 2 aromatic rings. The Morgan fingerprint density at radius 1 is 1.15 bits per heavy atom. The van der Waals surface area contributed by atoms with Crippen molar-refractivity contribution in [2.24, 2.45) is 0 Å². The average molecular weight is 274 g/mol. The minimum absolute atomic E-state index is 0.0264. The Balaban J connectivity index is 2.02. The number of hydrogen-bond donors (Lipinski definition) is 3. The standard InChI is InChI=1S/C14H18N4O2/c15-12-10-13(16-6-8-20-9-7-19)18-14(17-12)11-4-2-1-3-5-11/h1-5,10,19H,6-9H2,(H3,15,16,17,18). The summed E-state index contributed by atoms with van der Waals surface area (Å²) in [5.74, 6) is 1.66. The van der Waals surface area contributed by atoms with Crippen LogP contribution in [0.4, 0.5) is 11.6 Å². The summed E-state index contributed by atoms with van der Waals surface area (Å²) in [4.78, 5) is 8.64. The molecule has 20 heavy (non-hydrogen) atoms. The Labute approximate surface area is 117 Å². The van der Waals surface area contributed by atoms with Gasteiger partial charge in [-0.1, -0.05) is 30.3 Å². The summed E-state index contributed by atoms with van der Waals surface area (Å²) in [6.45, 7) is 1.44. The Morgan fingerprint density at radius 2 is 1.95 bits per heavy atom. The van der Waals surface area contributed by atoms with Crippen LogP contribution in [0.5, 0.6) is 0 Å². The number of aromatic nitrogens is 2. The van der Waals surface area contributed by atoms with Gasteiger partial charge in [0.15, 0.2) is 5.82 Å². The summed E-state index contributed by atoms with van der Waals surface area (Å²) < 4.78 is 5.16. The first-order valence-electron chi connectivity index (χ1n) is 6.42. The van der Waals surface area contributed by atoms with Gasteiger partial charge in [-0.15, -0.1) is 0 Å². The molecule has 6 nitrogen and oxygen atoms in total. The van der Waals surface area contributed by atoms with Crippen molar-refractivity contribution in [3.63, 3.8) is 0 Å². The smallest absolute Gasteiger partial charge is 0.163 e. The van der Waals surface area contributed by atoms with Gasteiger partial charge in [0.05, 0.1) is 19.8 Å². The molecule has 0 aliphatic rings. The third-order valence-corrected chi connectivity index (χ3v) is 2.57.